The van der Waals surface area contributed by atoms with Crippen LogP contribution in [0.3, 0.4) is 0 Å². The number of halogens is 1. The van der Waals surface area contributed by atoms with E-state index in [-0.39, 0.29) is 11.5 Å². The maximum Gasteiger partial charge on any atom is 0.101 e. The van der Waals surface area contributed by atoms with Crippen LogP contribution in [0.25, 0.3) is 0 Å². The second-order valence-electron chi connectivity index (χ2n) is 3.30. The Kier molecular flexibility index (Phi) is 3.40. The van der Waals surface area contributed by atoms with Gasteiger partial charge in [0.05, 0.1) is 25.2 Å². The summed E-state index contributed by atoms with van der Waals surface area (Å²) in [4.78, 5) is 0. The average Bonchev–Trinajstić information content (AvgIpc) is 2.30. The number of hydrogen-bond acceptors (Lipinski definition) is 2. The minimum absolute atomic E-state index is 0.0205. The monoisotopic (exact) mass is 212 g/mol. The summed E-state index contributed by atoms with van der Waals surface area (Å²) in [6.07, 6.45) is -0.0205. The summed E-state index contributed by atoms with van der Waals surface area (Å²) in [5.74, 6) is 0. The summed E-state index contributed by atoms with van der Waals surface area (Å²) in [6.45, 7) is 1.90. The van der Waals surface area contributed by atoms with E-state index in [4.69, 9.17) is 21.1 Å². The summed E-state index contributed by atoms with van der Waals surface area (Å²) in [6, 6.07) is 9.96. The van der Waals surface area contributed by atoms with E-state index in [2.05, 4.69) is 0 Å². The molecule has 2 rings (SSSR count). The summed E-state index contributed by atoms with van der Waals surface area (Å²) in [7, 11) is 0. The Morgan fingerprint density at radius 1 is 1.21 bits per heavy atom. The fourth-order valence-electron chi connectivity index (χ4n) is 1.53. The number of benzene rings is 1. The Morgan fingerprint density at radius 3 is 2.64 bits per heavy atom. The summed E-state index contributed by atoms with van der Waals surface area (Å²) < 4.78 is 10.9. The van der Waals surface area contributed by atoms with Gasteiger partial charge in [-0.05, 0) is 5.56 Å². The van der Waals surface area contributed by atoms with Crippen molar-refractivity contribution in [1.82, 2.24) is 0 Å². The lowest BCUT2D eigenvalue weighted by molar-refractivity contribution is -0.0892. The van der Waals surface area contributed by atoms with Crippen molar-refractivity contribution in [3.63, 3.8) is 0 Å². The first-order valence-corrected chi connectivity index (χ1v) is 5.20. The van der Waals surface area contributed by atoms with Crippen molar-refractivity contribution in [2.45, 2.75) is 11.5 Å². The van der Waals surface area contributed by atoms with Crippen LogP contribution >= 0.6 is 11.6 Å². The van der Waals surface area contributed by atoms with Gasteiger partial charge in [0.15, 0.2) is 0 Å². The Morgan fingerprint density at radius 2 is 2.00 bits per heavy atom. The molecule has 0 saturated carbocycles. The molecule has 1 aromatic rings. The molecule has 1 aromatic carbocycles. The van der Waals surface area contributed by atoms with Gasteiger partial charge >= 0.3 is 0 Å². The first-order valence-electron chi connectivity index (χ1n) is 4.76. The highest BCUT2D eigenvalue weighted by Gasteiger charge is 2.24. The summed E-state index contributed by atoms with van der Waals surface area (Å²) in [5, 5.41) is -0.114. The van der Waals surface area contributed by atoms with Crippen LogP contribution in [0.5, 0.6) is 0 Å². The van der Waals surface area contributed by atoms with Crippen molar-refractivity contribution >= 4 is 11.6 Å². The van der Waals surface area contributed by atoms with Gasteiger partial charge in [-0.3, -0.25) is 0 Å². The van der Waals surface area contributed by atoms with Gasteiger partial charge in [-0.15, -0.1) is 11.6 Å². The van der Waals surface area contributed by atoms with Crippen molar-refractivity contribution in [2.75, 3.05) is 19.8 Å². The predicted molar refractivity (Wildman–Crippen MR) is 55.6 cm³/mol. The Balaban J connectivity index is 2.03. The van der Waals surface area contributed by atoms with Crippen molar-refractivity contribution in [2.24, 2.45) is 0 Å². The average molecular weight is 213 g/mol. The Bertz CT molecular complexity index is 270. The van der Waals surface area contributed by atoms with Gasteiger partial charge in [0.1, 0.15) is 6.10 Å². The fourth-order valence-corrected chi connectivity index (χ4v) is 1.82. The lowest BCUT2D eigenvalue weighted by Gasteiger charge is -2.26. The van der Waals surface area contributed by atoms with Crippen molar-refractivity contribution in [1.29, 1.82) is 0 Å². The molecule has 14 heavy (non-hydrogen) atoms. The molecule has 1 heterocycles. The van der Waals surface area contributed by atoms with Gasteiger partial charge in [-0.2, -0.15) is 0 Å². The first-order chi connectivity index (χ1) is 6.88. The standard InChI is InChI=1S/C11H13ClO2/c12-11(9-4-2-1-3-5-9)10-8-13-6-7-14-10/h1-5,10-11H,6-8H2. The maximum absolute atomic E-state index is 6.28. The molecule has 1 fully saturated rings. The van der Waals surface area contributed by atoms with Crippen LogP contribution < -0.4 is 0 Å². The number of rotatable bonds is 2. The van der Waals surface area contributed by atoms with E-state index < -0.39 is 0 Å². The molecule has 0 aliphatic carbocycles. The van der Waals surface area contributed by atoms with E-state index in [9.17, 15) is 0 Å². The van der Waals surface area contributed by atoms with E-state index >= 15 is 0 Å². The minimum atomic E-state index is -0.114. The Hall–Kier alpha value is -0.570. The topological polar surface area (TPSA) is 18.5 Å². The molecule has 2 unspecified atom stereocenters. The van der Waals surface area contributed by atoms with E-state index in [1.807, 2.05) is 30.3 Å². The molecule has 0 amide bonds. The summed E-state index contributed by atoms with van der Waals surface area (Å²) >= 11 is 6.28. The van der Waals surface area contributed by atoms with E-state index in [0.29, 0.717) is 19.8 Å². The van der Waals surface area contributed by atoms with Crippen LogP contribution in [0.2, 0.25) is 0 Å². The lowest BCUT2D eigenvalue weighted by atomic mass is 10.1. The van der Waals surface area contributed by atoms with Crippen LogP contribution in [0.4, 0.5) is 0 Å². The molecule has 76 valence electrons. The van der Waals surface area contributed by atoms with Crippen LogP contribution in [0.15, 0.2) is 30.3 Å². The van der Waals surface area contributed by atoms with Gasteiger partial charge < -0.3 is 9.47 Å². The third-order valence-electron chi connectivity index (χ3n) is 2.29. The van der Waals surface area contributed by atoms with Gasteiger partial charge in [0.2, 0.25) is 0 Å². The van der Waals surface area contributed by atoms with Crippen LogP contribution in [-0.4, -0.2) is 25.9 Å². The van der Waals surface area contributed by atoms with Gasteiger partial charge in [0.25, 0.3) is 0 Å². The largest absolute Gasteiger partial charge is 0.376 e. The molecule has 1 aliphatic heterocycles. The zero-order valence-corrected chi connectivity index (χ0v) is 8.61. The zero-order chi connectivity index (χ0) is 9.80. The number of hydrogen-bond donors (Lipinski definition) is 0. The number of alkyl halides is 1. The van der Waals surface area contributed by atoms with Crippen LogP contribution in [0.1, 0.15) is 10.9 Å². The normalized spacial score (nSPS) is 24.5. The molecule has 2 nitrogen and oxygen atoms in total. The smallest absolute Gasteiger partial charge is 0.101 e. The van der Waals surface area contributed by atoms with E-state index in [1.165, 1.54) is 0 Å². The third kappa shape index (κ3) is 2.27. The molecule has 1 saturated heterocycles. The predicted octanol–water partition coefficient (Wildman–Crippen LogP) is 2.38. The third-order valence-corrected chi connectivity index (χ3v) is 2.82. The fraction of sp³-hybridized carbons (Fsp3) is 0.455. The quantitative estimate of drug-likeness (QED) is 0.701. The molecule has 3 heteroatoms. The van der Waals surface area contributed by atoms with Crippen LogP contribution in [0, 0.1) is 0 Å². The van der Waals surface area contributed by atoms with Crippen LogP contribution in [-0.2, 0) is 9.47 Å². The molecule has 2 atom stereocenters. The molecular weight excluding hydrogens is 200 g/mol. The highest BCUT2D eigenvalue weighted by Crippen LogP contribution is 2.27. The van der Waals surface area contributed by atoms with E-state index in [0.717, 1.165) is 5.56 Å². The molecule has 0 aromatic heterocycles. The van der Waals surface area contributed by atoms with Gasteiger partial charge in [-0.25, -0.2) is 0 Å². The lowest BCUT2D eigenvalue weighted by Crippen LogP contribution is -2.31. The van der Waals surface area contributed by atoms with Gasteiger partial charge in [-0.1, -0.05) is 30.3 Å². The highest BCUT2D eigenvalue weighted by atomic mass is 35.5. The maximum atomic E-state index is 6.28. The molecule has 0 N–H and O–H groups in total. The highest BCUT2D eigenvalue weighted by molar-refractivity contribution is 6.21. The second kappa shape index (κ2) is 4.78. The Labute approximate surface area is 88.8 Å². The second-order valence-corrected chi connectivity index (χ2v) is 3.77. The van der Waals surface area contributed by atoms with Gasteiger partial charge in [0, 0.05) is 0 Å². The zero-order valence-electron chi connectivity index (χ0n) is 7.86. The SMILES string of the molecule is ClC(c1ccccc1)C1COCCO1. The molecular formula is C11H13ClO2. The minimum Gasteiger partial charge on any atom is -0.376 e. The molecule has 0 bridgehead atoms. The van der Waals surface area contributed by atoms with E-state index in [1.54, 1.807) is 0 Å². The number of ether oxygens (including phenoxy) is 2. The molecule has 0 spiro atoms. The van der Waals surface area contributed by atoms with Crippen molar-refractivity contribution < 1.29 is 9.47 Å². The molecule has 1 aliphatic rings. The molecule has 0 radical (unpaired) electrons. The van der Waals surface area contributed by atoms with Crippen molar-refractivity contribution in [3.8, 4) is 0 Å². The first kappa shape index (κ1) is 9.97. The summed E-state index contributed by atoms with van der Waals surface area (Å²) in [5.41, 5.74) is 1.09. The van der Waals surface area contributed by atoms with Crippen molar-refractivity contribution in [3.05, 3.63) is 35.9 Å².